The molecule has 1 N–H and O–H groups in total. The first-order chi connectivity index (χ1) is 17.8. The topological polar surface area (TPSA) is 84.9 Å². The average molecular weight is 555 g/mol. The van der Waals surface area contributed by atoms with Crippen LogP contribution in [-0.2, 0) is 22.8 Å². The van der Waals surface area contributed by atoms with Gasteiger partial charge in [-0.2, -0.15) is 21.6 Å². The molecule has 0 radical (unpaired) electrons. The van der Waals surface area contributed by atoms with E-state index in [1.54, 1.807) is 13.0 Å². The number of ether oxygens (including phenoxy) is 1. The first-order valence-electron chi connectivity index (χ1n) is 11.5. The highest BCUT2D eigenvalue weighted by molar-refractivity contribution is 7.87. The minimum absolute atomic E-state index is 0.0262. The lowest BCUT2D eigenvalue weighted by Gasteiger charge is -2.29. The molecule has 204 valence electrons. The maximum atomic E-state index is 13.2. The van der Waals surface area contributed by atoms with E-state index in [1.165, 1.54) is 24.1 Å². The molecule has 3 aromatic carbocycles. The van der Waals surface area contributed by atoms with E-state index in [0.29, 0.717) is 12.0 Å². The van der Waals surface area contributed by atoms with Crippen LogP contribution in [0.3, 0.4) is 0 Å². The number of rotatable bonds is 9. The van der Waals surface area contributed by atoms with Crippen molar-refractivity contribution in [2.24, 2.45) is 0 Å². The normalized spacial score (nSPS) is 12.5. The van der Waals surface area contributed by atoms with E-state index >= 15 is 0 Å². The molecule has 0 fully saturated rings. The standard InChI is InChI=1S/C26H26F4N2O5S/c1-4-17(2)32(25(33)31-21-10-6-19(7-11-21)26(28,29)30)16-18-5-14-23(36-3)24(15-18)37-38(34,35)22-12-8-20(27)9-13-22/h5-15,17H,4,16H2,1-3H3,(H,31,33)/t17-/m0/s1. The van der Waals surface area contributed by atoms with Gasteiger partial charge in [-0.05, 0) is 79.6 Å². The number of urea groups is 1. The summed E-state index contributed by atoms with van der Waals surface area (Å²) in [6.45, 7) is 3.69. The average Bonchev–Trinajstić information content (AvgIpc) is 2.86. The molecule has 12 heteroatoms. The second-order valence-corrected chi connectivity index (χ2v) is 9.91. The lowest BCUT2D eigenvalue weighted by molar-refractivity contribution is -0.137. The van der Waals surface area contributed by atoms with Crippen LogP contribution in [0.2, 0.25) is 0 Å². The Bertz CT molecular complexity index is 1360. The van der Waals surface area contributed by atoms with Crippen molar-refractivity contribution >= 4 is 21.8 Å². The van der Waals surface area contributed by atoms with E-state index in [2.05, 4.69) is 5.32 Å². The fourth-order valence-electron chi connectivity index (χ4n) is 3.43. The Labute approximate surface area is 218 Å². The number of carbonyl (C=O) groups excluding carboxylic acids is 1. The Morgan fingerprint density at radius 2 is 1.63 bits per heavy atom. The number of nitrogens with one attached hydrogen (secondary N) is 1. The second kappa shape index (κ2) is 11.7. The Morgan fingerprint density at radius 1 is 1.00 bits per heavy atom. The first kappa shape index (κ1) is 28.8. The molecule has 1 atom stereocenters. The largest absolute Gasteiger partial charge is 0.493 e. The maximum absolute atomic E-state index is 13.2. The van der Waals surface area contributed by atoms with Gasteiger partial charge in [0.15, 0.2) is 11.5 Å². The molecule has 0 saturated heterocycles. The fourth-order valence-corrected chi connectivity index (χ4v) is 4.37. The molecular formula is C26H26F4N2O5S. The van der Waals surface area contributed by atoms with Crippen molar-refractivity contribution in [2.75, 3.05) is 12.4 Å². The lowest BCUT2D eigenvalue weighted by Crippen LogP contribution is -2.40. The summed E-state index contributed by atoms with van der Waals surface area (Å²) >= 11 is 0. The summed E-state index contributed by atoms with van der Waals surface area (Å²) in [5.41, 5.74) is -0.158. The van der Waals surface area contributed by atoms with Crippen molar-refractivity contribution in [1.82, 2.24) is 4.90 Å². The van der Waals surface area contributed by atoms with Gasteiger partial charge in [0.1, 0.15) is 10.7 Å². The number of alkyl halides is 3. The summed E-state index contributed by atoms with van der Waals surface area (Å²) in [5, 5.41) is 2.59. The van der Waals surface area contributed by atoms with Crippen molar-refractivity contribution in [3.05, 3.63) is 83.7 Å². The van der Waals surface area contributed by atoms with E-state index in [0.717, 1.165) is 48.5 Å². The molecule has 0 heterocycles. The SMILES string of the molecule is CC[C@H](C)N(Cc1ccc(OC)c(OS(=O)(=O)c2ccc(F)cc2)c1)C(=O)Nc1ccc(C(F)(F)F)cc1. The molecule has 0 unspecified atom stereocenters. The zero-order chi connectivity index (χ0) is 28.1. The van der Waals surface area contributed by atoms with Gasteiger partial charge in [-0.15, -0.1) is 0 Å². The van der Waals surface area contributed by atoms with Crippen LogP contribution in [0.15, 0.2) is 71.6 Å². The van der Waals surface area contributed by atoms with Crippen LogP contribution in [0.4, 0.5) is 28.0 Å². The van der Waals surface area contributed by atoms with Gasteiger partial charge in [0.2, 0.25) is 0 Å². The Balaban J connectivity index is 1.84. The Kier molecular flexibility index (Phi) is 8.87. The number of methoxy groups -OCH3 is 1. The van der Waals surface area contributed by atoms with Gasteiger partial charge >= 0.3 is 22.3 Å². The van der Waals surface area contributed by atoms with Crippen molar-refractivity contribution in [1.29, 1.82) is 0 Å². The lowest BCUT2D eigenvalue weighted by atomic mass is 10.1. The minimum Gasteiger partial charge on any atom is -0.493 e. The summed E-state index contributed by atoms with van der Waals surface area (Å²) in [5.74, 6) is -0.631. The molecular weight excluding hydrogens is 528 g/mol. The molecule has 0 aromatic heterocycles. The highest BCUT2D eigenvalue weighted by Crippen LogP contribution is 2.32. The molecule has 0 aliphatic heterocycles. The summed E-state index contributed by atoms with van der Waals surface area (Å²) < 4.78 is 87.7. The van der Waals surface area contributed by atoms with E-state index in [9.17, 15) is 30.8 Å². The number of amides is 2. The van der Waals surface area contributed by atoms with Crippen LogP contribution >= 0.6 is 0 Å². The van der Waals surface area contributed by atoms with Gasteiger partial charge in [-0.1, -0.05) is 13.0 Å². The van der Waals surface area contributed by atoms with Crippen molar-refractivity contribution in [3.63, 3.8) is 0 Å². The fraction of sp³-hybridized carbons (Fsp3) is 0.269. The molecule has 0 aliphatic rings. The van der Waals surface area contributed by atoms with E-state index < -0.39 is 33.7 Å². The van der Waals surface area contributed by atoms with Crippen LogP contribution in [0.25, 0.3) is 0 Å². The van der Waals surface area contributed by atoms with Gasteiger partial charge in [0.05, 0.1) is 12.7 Å². The zero-order valence-corrected chi connectivity index (χ0v) is 21.6. The number of carbonyl (C=O) groups is 1. The number of hydrogen-bond donors (Lipinski definition) is 1. The van der Waals surface area contributed by atoms with Gasteiger partial charge in [0, 0.05) is 18.3 Å². The Hall–Kier alpha value is -3.80. The number of anilines is 1. The quantitative estimate of drug-likeness (QED) is 0.243. The summed E-state index contributed by atoms with van der Waals surface area (Å²) in [7, 11) is -2.99. The minimum atomic E-state index is -4.50. The third-order valence-corrected chi connectivity index (χ3v) is 6.98. The maximum Gasteiger partial charge on any atom is 0.416 e. The van der Waals surface area contributed by atoms with Crippen LogP contribution in [0, 0.1) is 5.82 Å². The van der Waals surface area contributed by atoms with Crippen molar-refractivity contribution < 1.29 is 39.7 Å². The van der Waals surface area contributed by atoms with Crippen LogP contribution < -0.4 is 14.2 Å². The van der Waals surface area contributed by atoms with E-state index in [4.69, 9.17) is 8.92 Å². The number of hydrogen-bond acceptors (Lipinski definition) is 5. The van der Waals surface area contributed by atoms with Gasteiger partial charge < -0.3 is 19.1 Å². The van der Waals surface area contributed by atoms with E-state index in [1.807, 2.05) is 6.92 Å². The molecule has 0 aliphatic carbocycles. The highest BCUT2D eigenvalue weighted by atomic mass is 32.2. The predicted molar refractivity (Wildman–Crippen MR) is 133 cm³/mol. The first-order valence-corrected chi connectivity index (χ1v) is 12.9. The third-order valence-electron chi connectivity index (χ3n) is 5.73. The monoisotopic (exact) mass is 554 g/mol. The van der Waals surface area contributed by atoms with E-state index in [-0.39, 0.29) is 34.7 Å². The second-order valence-electron chi connectivity index (χ2n) is 8.37. The van der Waals surface area contributed by atoms with Gasteiger partial charge in [-0.3, -0.25) is 0 Å². The molecule has 0 bridgehead atoms. The van der Waals surface area contributed by atoms with Crippen LogP contribution in [0.1, 0.15) is 31.4 Å². The molecule has 0 saturated carbocycles. The smallest absolute Gasteiger partial charge is 0.416 e. The molecule has 2 amide bonds. The molecule has 0 spiro atoms. The number of nitrogens with zero attached hydrogens (tertiary/aromatic N) is 1. The van der Waals surface area contributed by atoms with Gasteiger partial charge in [-0.25, -0.2) is 9.18 Å². The number of halogens is 4. The molecule has 38 heavy (non-hydrogen) atoms. The molecule has 3 rings (SSSR count). The van der Waals surface area contributed by atoms with Crippen molar-refractivity contribution in [2.45, 2.75) is 43.9 Å². The molecule has 7 nitrogen and oxygen atoms in total. The van der Waals surface area contributed by atoms with Gasteiger partial charge in [0.25, 0.3) is 0 Å². The molecule has 3 aromatic rings. The Morgan fingerprint density at radius 3 is 2.18 bits per heavy atom. The van der Waals surface area contributed by atoms with Crippen molar-refractivity contribution in [3.8, 4) is 11.5 Å². The predicted octanol–water partition coefficient (Wildman–Crippen LogP) is 6.45. The third kappa shape index (κ3) is 7.15. The van der Waals surface area contributed by atoms with Crippen LogP contribution in [-0.4, -0.2) is 32.5 Å². The summed E-state index contributed by atoms with van der Waals surface area (Å²) in [6.07, 6.45) is -3.93. The summed E-state index contributed by atoms with van der Waals surface area (Å²) in [6, 6.07) is 11.8. The number of benzene rings is 3. The zero-order valence-electron chi connectivity index (χ0n) is 20.8. The van der Waals surface area contributed by atoms with Crippen LogP contribution in [0.5, 0.6) is 11.5 Å². The highest BCUT2D eigenvalue weighted by Gasteiger charge is 2.30. The summed E-state index contributed by atoms with van der Waals surface area (Å²) in [4.78, 5) is 14.3.